The number of alkyl halides is 2. The van der Waals surface area contributed by atoms with Gasteiger partial charge in [0.25, 0.3) is 5.69 Å². The van der Waals surface area contributed by atoms with Gasteiger partial charge in [0, 0.05) is 25.2 Å². The van der Waals surface area contributed by atoms with Crippen LogP contribution in [0.2, 0.25) is 0 Å². The molecule has 0 heterocycles. The Morgan fingerprint density at radius 1 is 1.23 bits per heavy atom. The van der Waals surface area contributed by atoms with Gasteiger partial charge in [-0.25, -0.2) is 0 Å². The van der Waals surface area contributed by atoms with E-state index in [0.29, 0.717) is 17.5 Å². The topological polar surface area (TPSA) is 81.9 Å². The lowest BCUT2D eigenvalue weighted by Crippen LogP contribution is -2.18. The third-order valence-corrected chi connectivity index (χ3v) is 3.61. The zero-order valence-corrected chi connectivity index (χ0v) is 14.0. The number of nitrogens with zero attached hydrogens (tertiary/aromatic N) is 2. The zero-order valence-electron chi connectivity index (χ0n) is 14.0. The molecular formula is C17H16F2N2O5. The minimum absolute atomic E-state index is 0.102. The van der Waals surface area contributed by atoms with Crippen LogP contribution < -0.4 is 14.4 Å². The summed E-state index contributed by atoms with van der Waals surface area (Å²) < 4.78 is 34.2. The Bertz CT molecular complexity index is 814. The maximum atomic E-state index is 12.4. The summed E-state index contributed by atoms with van der Waals surface area (Å²) >= 11 is 0. The van der Waals surface area contributed by atoms with E-state index < -0.39 is 11.5 Å². The highest BCUT2D eigenvalue weighted by atomic mass is 19.3. The minimum atomic E-state index is -2.98. The predicted molar refractivity (Wildman–Crippen MR) is 90.2 cm³/mol. The van der Waals surface area contributed by atoms with E-state index in [2.05, 4.69) is 4.74 Å². The molecule has 2 rings (SSSR count). The third kappa shape index (κ3) is 4.44. The maximum Gasteiger partial charge on any atom is 0.387 e. The molecule has 0 saturated carbocycles. The van der Waals surface area contributed by atoms with Crippen LogP contribution in [-0.2, 0) is 6.54 Å². The first kappa shape index (κ1) is 19.1. The summed E-state index contributed by atoms with van der Waals surface area (Å²) in [5, 5.41) is 11.2. The second kappa shape index (κ2) is 8.24. The van der Waals surface area contributed by atoms with Crippen molar-refractivity contribution in [2.45, 2.75) is 13.2 Å². The first-order chi connectivity index (χ1) is 12.3. The quantitative estimate of drug-likeness (QED) is 0.403. The van der Waals surface area contributed by atoms with Gasteiger partial charge >= 0.3 is 6.61 Å². The fraction of sp³-hybridized carbons (Fsp3) is 0.235. The lowest BCUT2D eigenvalue weighted by molar-refractivity contribution is -0.384. The smallest absolute Gasteiger partial charge is 0.387 e. The molecule has 0 bridgehead atoms. The van der Waals surface area contributed by atoms with Gasteiger partial charge < -0.3 is 14.4 Å². The number of rotatable bonds is 8. The van der Waals surface area contributed by atoms with E-state index in [9.17, 15) is 23.7 Å². The number of ether oxygens (including phenoxy) is 2. The second-order valence-corrected chi connectivity index (χ2v) is 5.34. The molecule has 0 atom stereocenters. The number of benzene rings is 2. The molecule has 0 spiro atoms. The number of carbonyl (C=O) groups is 1. The van der Waals surface area contributed by atoms with Gasteiger partial charge in [-0.15, -0.1) is 0 Å². The van der Waals surface area contributed by atoms with Crippen molar-refractivity contribution in [3.63, 3.8) is 0 Å². The molecule has 0 aliphatic carbocycles. The summed E-state index contributed by atoms with van der Waals surface area (Å²) in [6, 6.07) is 8.57. The van der Waals surface area contributed by atoms with Crippen LogP contribution in [0.3, 0.4) is 0 Å². The first-order valence-electron chi connectivity index (χ1n) is 7.42. The summed E-state index contributed by atoms with van der Waals surface area (Å²) in [7, 11) is 2.96. The minimum Gasteiger partial charge on any atom is -0.493 e. The van der Waals surface area contributed by atoms with Crippen LogP contribution in [0, 0.1) is 10.1 Å². The molecule has 0 aliphatic rings. The van der Waals surface area contributed by atoms with Crippen LogP contribution in [0.25, 0.3) is 0 Å². The Kier molecular flexibility index (Phi) is 6.05. The Morgan fingerprint density at radius 3 is 2.54 bits per heavy atom. The molecule has 26 heavy (non-hydrogen) atoms. The molecule has 0 aliphatic heterocycles. The Morgan fingerprint density at radius 2 is 1.96 bits per heavy atom. The number of methoxy groups -OCH3 is 1. The molecule has 9 heteroatoms. The van der Waals surface area contributed by atoms with Gasteiger partial charge in [0.15, 0.2) is 11.5 Å². The van der Waals surface area contributed by atoms with Gasteiger partial charge in [-0.1, -0.05) is 6.07 Å². The number of anilines is 1. The third-order valence-electron chi connectivity index (χ3n) is 3.61. The molecule has 2 aromatic carbocycles. The number of hydrogen-bond donors (Lipinski definition) is 0. The molecule has 7 nitrogen and oxygen atoms in total. The SMILES string of the molecule is COc1cc(CN(C)c2ccc(C=O)cc2[N+](=O)[O-])ccc1OC(F)F. The number of carbonyl (C=O) groups excluding carboxylic acids is 1. The summed E-state index contributed by atoms with van der Waals surface area (Å²) in [4.78, 5) is 23.1. The van der Waals surface area contributed by atoms with Crippen LogP contribution in [0.4, 0.5) is 20.2 Å². The normalized spacial score (nSPS) is 10.5. The van der Waals surface area contributed by atoms with Crippen molar-refractivity contribution in [3.05, 3.63) is 57.6 Å². The molecule has 0 amide bonds. The molecule has 2 aromatic rings. The van der Waals surface area contributed by atoms with Gasteiger partial charge in [-0.3, -0.25) is 14.9 Å². The lowest BCUT2D eigenvalue weighted by atomic mass is 10.1. The Balaban J connectivity index is 2.28. The Labute approximate surface area is 147 Å². The first-order valence-corrected chi connectivity index (χ1v) is 7.42. The fourth-order valence-corrected chi connectivity index (χ4v) is 2.45. The van der Waals surface area contributed by atoms with Crippen LogP contribution >= 0.6 is 0 Å². The lowest BCUT2D eigenvalue weighted by Gasteiger charge is -2.20. The summed E-state index contributed by atoms with van der Waals surface area (Å²) in [5.74, 6) is 0.0252. The Hall–Kier alpha value is -3.23. The van der Waals surface area contributed by atoms with Crippen molar-refractivity contribution >= 4 is 17.7 Å². The highest BCUT2D eigenvalue weighted by Crippen LogP contribution is 2.32. The van der Waals surface area contributed by atoms with Crippen LogP contribution in [-0.4, -0.2) is 32.0 Å². The number of aldehydes is 1. The number of nitro groups is 1. The van der Waals surface area contributed by atoms with Gasteiger partial charge in [-0.2, -0.15) is 8.78 Å². The summed E-state index contributed by atoms with van der Waals surface area (Å²) in [6.45, 7) is -2.73. The van der Waals surface area contributed by atoms with E-state index in [1.165, 1.54) is 37.4 Å². The van der Waals surface area contributed by atoms with E-state index in [4.69, 9.17) is 4.74 Å². The monoisotopic (exact) mass is 366 g/mol. The van der Waals surface area contributed by atoms with Gasteiger partial charge in [-0.05, 0) is 29.8 Å². The van der Waals surface area contributed by atoms with Gasteiger partial charge in [0.1, 0.15) is 12.0 Å². The maximum absolute atomic E-state index is 12.4. The molecule has 138 valence electrons. The average Bonchev–Trinajstić information content (AvgIpc) is 2.61. The van der Waals surface area contributed by atoms with Crippen LogP contribution in [0.1, 0.15) is 15.9 Å². The van der Waals surface area contributed by atoms with Crippen LogP contribution in [0.15, 0.2) is 36.4 Å². The fourth-order valence-electron chi connectivity index (χ4n) is 2.45. The van der Waals surface area contributed by atoms with E-state index in [0.717, 1.165) is 0 Å². The van der Waals surface area contributed by atoms with E-state index in [1.807, 2.05) is 0 Å². The molecule has 0 radical (unpaired) electrons. The van der Waals surface area contributed by atoms with Gasteiger partial charge in [0.05, 0.1) is 12.0 Å². The molecule has 0 unspecified atom stereocenters. The molecular weight excluding hydrogens is 350 g/mol. The van der Waals surface area contributed by atoms with Crippen molar-refractivity contribution in [1.29, 1.82) is 0 Å². The average molecular weight is 366 g/mol. The summed E-state index contributed by atoms with van der Waals surface area (Å²) in [5.41, 5.74) is 0.970. The number of halogens is 2. The highest BCUT2D eigenvalue weighted by Gasteiger charge is 2.19. The second-order valence-electron chi connectivity index (χ2n) is 5.34. The standard InChI is InChI=1S/C17H16F2N2O5/c1-20(13-5-3-12(10-22)7-14(13)21(23)24)9-11-4-6-15(26-17(18)19)16(8-11)25-2/h3-8,10,17H,9H2,1-2H3. The molecule has 0 N–H and O–H groups in total. The number of nitro benzene ring substituents is 1. The highest BCUT2D eigenvalue weighted by molar-refractivity contribution is 5.79. The van der Waals surface area contributed by atoms with Crippen molar-refractivity contribution in [2.75, 3.05) is 19.1 Å². The van der Waals surface area contributed by atoms with E-state index in [1.54, 1.807) is 18.0 Å². The van der Waals surface area contributed by atoms with Crippen molar-refractivity contribution in [1.82, 2.24) is 0 Å². The zero-order chi connectivity index (χ0) is 19.3. The van der Waals surface area contributed by atoms with E-state index >= 15 is 0 Å². The molecule has 0 fully saturated rings. The molecule has 0 aromatic heterocycles. The van der Waals surface area contributed by atoms with E-state index in [-0.39, 0.29) is 29.3 Å². The molecule has 0 saturated heterocycles. The van der Waals surface area contributed by atoms with Crippen LogP contribution in [0.5, 0.6) is 11.5 Å². The van der Waals surface area contributed by atoms with Crippen molar-refractivity contribution in [2.24, 2.45) is 0 Å². The number of hydrogen-bond acceptors (Lipinski definition) is 6. The largest absolute Gasteiger partial charge is 0.493 e. The predicted octanol–water partition coefficient (Wildman–Crippen LogP) is 3.65. The van der Waals surface area contributed by atoms with Crippen molar-refractivity contribution < 1.29 is 28.0 Å². The van der Waals surface area contributed by atoms with Gasteiger partial charge in [0.2, 0.25) is 0 Å². The summed E-state index contributed by atoms with van der Waals surface area (Å²) in [6.07, 6.45) is 0.531. The van der Waals surface area contributed by atoms with Crippen molar-refractivity contribution in [3.8, 4) is 11.5 Å².